The van der Waals surface area contributed by atoms with Gasteiger partial charge < -0.3 is 5.11 Å². The van der Waals surface area contributed by atoms with Gasteiger partial charge in [0.2, 0.25) is 0 Å². The highest BCUT2D eigenvalue weighted by Gasteiger charge is 2.30. The van der Waals surface area contributed by atoms with Gasteiger partial charge in [0.05, 0.1) is 28.0 Å². The van der Waals surface area contributed by atoms with E-state index in [2.05, 4.69) is 256 Å². The lowest BCUT2D eigenvalue weighted by Crippen LogP contribution is -2.17. The van der Waals surface area contributed by atoms with Crippen molar-refractivity contribution in [3.05, 3.63) is 217 Å². The van der Waals surface area contributed by atoms with E-state index in [4.69, 9.17) is 9.97 Å². The van der Waals surface area contributed by atoms with E-state index in [9.17, 15) is 5.11 Å². The van der Waals surface area contributed by atoms with Gasteiger partial charge in [-0.05, 0) is 139 Å². The fourth-order valence-corrected chi connectivity index (χ4v) is 9.88. The Hall–Kier alpha value is -7.82. The van der Waals surface area contributed by atoms with E-state index in [-0.39, 0.29) is 22.0 Å². The first kappa shape index (κ1) is 46.9. The highest BCUT2D eigenvalue weighted by atomic mass is 16.3. The molecule has 0 spiro atoms. The quantitative estimate of drug-likeness (QED) is 0.165. The lowest BCUT2D eigenvalue weighted by Gasteiger charge is -2.28. The highest BCUT2D eigenvalue weighted by molar-refractivity contribution is 5.99. The monoisotopic (exact) mass is 925 g/mol. The van der Waals surface area contributed by atoms with E-state index >= 15 is 0 Å². The number of pyridine rings is 1. The Bertz CT molecular complexity index is 3570. The van der Waals surface area contributed by atoms with E-state index in [1.807, 2.05) is 12.3 Å². The molecule has 0 fully saturated rings. The first-order valence-corrected chi connectivity index (χ1v) is 24.9. The molecule has 0 saturated carbocycles. The molecule has 0 radical (unpaired) electrons. The van der Waals surface area contributed by atoms with Gasteiger partial charge in [-0.25, -0.2) is 4.98 Å². The van der Waals surface area contributed by atoms with E-state index in [0.717, 1.165) is 89.2 Å². The molecule has 2 heterocycles. The van der Waals surface area contributed by atoms with Crippen molar-refractivity contribution in [3.8, 4) is 89.7 Å². The van der Waals surface area contributed by atoms with Gasteiger partial charge in [0.25, 0.3) is 0 Å². The van der Waals surface area contributed by atoms with Crippen molar-refractivity contribution < 1.29 is 5.11 Å². The zero-order valence-electron chi connectivity index (χ0n) is 42.8. The van der Waals surface area contributed by atoms with Crippen LogP contribution < -0.4 is 0 Å². The van der Waals surface area contributed by atoms with Crippen LogP contribution in [0.1, 0.15) is 84.6 Å². The number of benzene rings is 8. The average molecular weight is 926 g/mol. The Morgan fingerprint density at radius 3 is 1.61 bits per heavy atom. The number of aryl methyl sites for hydroxylation is 1. The number of nitrogens with zero attached hydrogens (tertiary/aromatic N) is 3. The summed E-state index contributed by atoms with van der Waals surface area (Å²) in [6, 6.07) is 67.4. The minimum atomic E-state index is -0.349. The fraction of sp³-hybridized carbons (Fsp3) is 0.194. The molecule has 10 aromatic rings. The Morgan fingerprint density at radius 2 is 0.986 bits per heavy atom. The molecule has 2 aromatic heterocycles. The predicted octanol–water partition coefficient (Wildman–Crippen LogP) is 18.0. The van der Waals surface area contributed by atoms with Crippen molar-refractivity contribution in [1.29, 1.82) is 0 Å². The molecule has 0 atom stereocenters. The van der Waals surface area contributed by atoms with Crippen LogP contribution in [-0.4, -0.2) is 19.6 Å². The van der Waals surface area contributed by atoms with Crippen LogP contribution in [0.2, 0.25) is 0 Å². The van der Waals surface area contributed by atoms with Gasteiger partial charge in [0, 0.05) is 28.5 Å². The molecule has 4 nitrogen and oxygen atoms in total. The molecule has 1 N–H and O–H groups in total. The summed E-state index contributed by atoms with van der Waals surface area (Å²) in [4.78, 5) is 10.7. The van der Waals surface area contributed by atoms with Gasteiger partial charge in [0.15, 0.2) is 0 Å². The van der Waals surface area contributed by atoms with Crippen molar-refractivity contribution in [2.45, 2.75) is 85.5 Å². The van der Waals surface area contributed by atoms with Crippen molar-refractivity contribution in [1.82, 2.24) is 14.5 Å². The molecule has 0 amide bonds. The summed E-state index contributed by atoms with van der Waals surface area (Å²) >= 11 is 0. The second kappa shape index (κ2) is 18.2. The molecule has 0 saturated heterocycles. The van der Waals surface area contributed by atoms with Crippen LogP contribution in [0.5, 0.6) is 5.75 Å². The summed E-state index contributed by atoms with van der Waals surface area (Å²) < 4.78 is 2.31. The topological polar surface area (TPSA) is 50.9 Å². The molecule has 352 valence electrons. The maximum atomic E-state index is 12.7. The van der Waals surface area contributed by atoms with Crippen LogP contribution in [0.3, 0.4) is 0 Å². The molecule has 4 heteroatoms. The predicted molar refractivity (Wildman–Crippen MR) is 299 cm³/mol. The summed E-state index contributed by atoms with van der Waals surface area (Å²) in [5, 5.41) is 12.7. The second-order valence-electron chi connectivity index (χ2n) is 22.2. The van der Waals surface area contributed by atoms with E-state index in [0.29, 0.717) is 11.4 Å². The van der Waals surface area contributed by atoms with Crippen molar-refractivity contribution in [3.63, 3.8) is 0 Å². The molecule has 8 aromatic carbocycles. The van der Waals surface area contributed by atoms with E-state index in [1.54, 1.807) is 0 Å². The van der Waals surface area contributed by atoms with Gasteiger partial charge in [-0.3, -0.25) is 9.55 Å². The first-order valence-electron chi connectivity index (χ1n) is 24.9. The zero-order valence-corrected chi connectivity index (χ0v) is 42.8. The van der Waals surface area contributed by atoms with Crippen LogP contribution in [0, 0.1) is 6.92 Å². The number of fused-ring (bicyclic) bond motifs is 1. The Balaban J connectivity index is 1.28. The molecule has 0 unspecified atom stereocenters. The van der Waals surface area contributed by atoms with Crippen molar-refractivity contribution in [2.24, 2.45) is 0 Å². The van der Waals surface area contributed by atoms with E-state index in [1.165, 1.54) is 16.7 Å². The molecule has 0 aliphatic carbocycles. The number of para-hydroxylation sites is 1. The van der Waals surface area contributed by atoms with Crippen LogP contribution >= 0.6 is 0 Å². The lowest BCUT2D eigenvalue weighted by atomic mass is 9.79. The third-order valence-corrected chi connectivity index (χ3v) is 14.0. The summed E-state index contributed by atoms with van der Waals surface area (Å²) in [6.45, 7) is 22.2. The Morgan fingerprint density at radius 1 is 0.408 bits per heavy atom. The smallest absolute Gasteiger partial charge is 0.149 e. The molecule has 0 bridgehead atoms. The molecule has 0 aliphatic rings. The number of aromatic hydroxyl groups is 1. The lowest BCUT2D eigenvalue weighted by molar-refractivity contribution is 0.446. The van der Waals surface area contributed by atoms with E-state index < -0.39 is 0 Å². The van der Waals surface area contributed by atoms with Crippen LogP contribution in [0.25, 0.3) is 95.0 Å². The zero-order chi connectivity index (χ0) is 49.8. The number of hydrogen-bond acceptors (Lipinski definition) is 3. The van der Waals surface area contributed by atoms with Gasteiger partial charge in [0.1, 0.15) is 11.6 Å². The van der Waals surface area contributed by atoms with Gasteiger partial charge in [-0.2, -0.15) is 0 Å². The van der Waals surface area contributed by atoms with Gasteiger partial charge in [-0.15, -0.1) is 0 Å². The number of hydrogen-bond donors (Lipinski definition) is 1. The number of imidazole rings is 1. The van der Waals surface area contributed by atoms with Gasteiger partial charge >= 0.3 is 0 Å². The van der Waals surface area contributed by atoms with Crippen LogP contribution in [-0.2, 0) is 16.2 Å². The normalized spacial score (nSPS) is 12.1. The summed E-state index contributed by atoms with van der Waals surface area (Å²) in [5.41, 5.74) is 20.2. The average Bonchev–Trinajstić information content (AvgIpc) is 3.75. The Labute approximate surface area is 420 Å². The van der Waals surface area contributed by atoms with Gasteiger partial charge in [-0.1, -0.05) is 196 Å². The molecular formula is C67H63N3O. The summed E-state index contributed by atoms with van der Waals surface area (Å²) in [7, 11) is 0. The highest BCUT2D eigenvalue weighted by Crippen LogP contribution is 2.47. The second-order valence-corrected chi connectivity index (χ2v) is 22.2. The minimum absolute atomic E-state index is 0.0435. The Kier molecular flexibility index (Phi) is 12.0. The number of phenols is 1. The standard InChI is InChI=1S/C67H63N3O/c1-43-35-61(56(46-25-18-13-19-26-46)42-55(43)47-29-31-52(32-30-47)65(2,3)4)70-60-28-20-27-54(62(60)69-64(70)57-40-53(66(5,6)7)41-58(63(57)71)67(8,9)10)50-36-49(45-23-16-12-17-24-45)37-51(38-50)59-39-48(33-34-68-59)44-21-14-11-15-22-44/h11-42,71H,1-10H3. The SMILES string of the molecule is Cc1cc(-n2c(-c3cc(C(C)(C)C)cc(C(C)(C)C)c3O)nc3c(-c4cc(-c5ccccc5)cc(-c5cc(-c6ccccc6)ccn5)c4)cccc32)c(-c2ccccc2)cc1-c1ccc(C(C)(C)C)cc1. The maximum absolute atomic E-state index is 12.7. The van der Waals surface area contributed by atoms with Crippen molar-refractivity contribution in [2.75, 3.05) is 0 Å². The van der Waals surface area contributed by atoms with Crippen LogP contribution in [0.4, 0.5) is 0 Å². The first-order chi connectivity index (χ1) is 33.9. The summed E-state index contributed by atoms with van der Waals surface area (Å²) in [5.74, 6) is 0.923. The fourth-order valence-electron chi connectivity index (χ4n) is 9.88. The largest absolute Gasteiger partial charge is 0.507 e. The summed E-state index contributed by atoms with van der Waals surface area (Å²) in [6.07, 6.45) is 1.91. The third-order valence-electron chi connectivity index (χ3n) is 14.0. The van der Waals surface area contributed by atoms with Crippen LogP contribution in [0.15, 0.2) is 194 Å². The molecule has 71 heavy (non-hydrogen) atoms. The molecule has 10 rings (SSSR count). The molecular weight excluding hydrogens is 863 g/mol. The van der Waals surface area contributed by atoms with Crippen molar-refractivity contribution >= 4 is 11.0 Å². The number of aromatic nitrogens is 3. The molecule has 0 aliphatic heterocycles. The number of rotatable bonds is 8. The third kappa shape index (κ3) is 9.23. The maximum Gasteiger partial charge on any atom is 0.149 e. The minimum Gasteiger partial charge on any atom is -0.507 e. The number of phenolic OH excluding ortho intramolecular Hbond substituents is 1.